The monoisotopic (exact) mass is 599 g/mol. The van der Waals surface area contributed by atoms with Crippen molar-refractivity contribution in [1.82, 2.24) is 4.98 Å². The molecule has 2 aromatic carbocycles. The Bertz CT molecular complexity index is 1510. The molecule has 2 aliphatic carbocycles. The van der Waals surface area contributed by atoms with Gasteiger partial charge >= 0.3 is 0 Å². The number of phenols is 1. The first kappa shape index (κ1) is 23.0. The van der Waals surface area contributed by atoms with Crippen LogP contribution in [0.15, 0.2) is 36.0 Å². The van der Waals surface area contributed by atoms with Gasteiger partial charge in [0.1, 0.15) is 11.3 Å². The molecule has 35 heavy (non-hydrogen) atoms. The van der Waals surface area contributed by atoms with Crippen molar-refractivity contribution in [3.05, 3.63) is 72.4 Å². The first-order chi connectivity index (χ1) is 16.7. The lowest BCUT2D eigenvalue weighted by atomic mass is 9.65. The van der Waals surface area contributed by atoms with Crippen LogP contribution in [0.5, 0.6) is 5.75 Å². The van der Waals surface area contributed by atoms with E-state index < -0.39 is 11.6 Å². The molecule has 1 aromatic heterocycles. The van der Waals surface area contributed by atoms with E-state index in [1.807, 2.05) is 25.1 Å². The number of carbonyl (C=O) groups excluding carboxylic acids is 2. The zero-order valence-corrected chi connectivity index (χ0v) is 22.3. The molecule has 178 valence electrons. The molecule has 1 N–H and O–H groups in total. The molecule has 2 atom stereocenters. The average Bonchev–Trinajstić information content (AvgIpc) is 3.25. The van der Waals surface area contributed by atoms with Crippen LogP contribution in [0.25, 0.3) is 16.7 Å². The second kappa shape index (κ2) is 8.03. The largest absolute Gasteiger partial charge is 0.505 e. The van der Waals surface area contributed by atoms with E-state index in [9.17, 15) is 14.7 Å². The average molecular weight is 600 g/mol. The highest BCUT2D eigenvalue weighted by Crippen LogP contribution is 2.48. The first-order valence-corrected chi connectivity index (χ1v) is 13.2. The second-order valence-electron chi connectivity index (χ2n) is 10.1. The number of pyridine rings is 1. The summed E-state index contributed by atoms with van der Waals surface area (Å²) in [6.45, 7) is 4.53. The minimum atomic E-state index is -0.428. The molecule has 2 unspecified atom stereocenters. The number of nitrogens with zero attached hydrogens (tertiary/aromatic N) is 1. The third-order valence-corrected chi connectivity index (χ3v) is 9.42. The number of fused-ring (bicyclic) bond motifs is 5. The van der Waals surface area contributed by atoms with Crippen LogP contribution in [0.4, 0.5) is 0 Å². The summed E-state index contributed by atoms with van der Waals surface area (Å²) >= 11 is 9.03. The van der Waals surface area contributed by atoms with E-state index in [0.717, 1.165) is 46.9 Å². The molecular formula is C28H23ClINO4. The van der Waals surface area contributed by atoms with E-state index in [1.54, 1.807) is 6.20 Å². The van der Waals surface area contributed by atoms with Crippen molar-refractivity contribution in [2.45, 2.75) is 44.9 Å². The van der Waals surface area contributed by atoms with Gasteiger partial charge in [-0.2, -0.15) is 0 Å². The number of ether oxygens (including phenoxy) is 1. The van der Waals surface area contributed by atoms with Gasteiger partial charge in [0.15, 0.2) is 5.75 Å². The summed E-state index contributed by atoms with van der Waals surface area (Å²) in [6.07, 6.45) is 4.77. The van der Waals surface area contributed by atoms with Gasteiger partial charge in [0.25, 0.3) is 0 Å². The Balaban J connectivity index is 1.51. The van der Waals surface area contributed by atoms with Crippen LogP contribution in [0.1, 0.15) is 59.3 Å². The van der Waals surface area contributed by atoms with E-state index in [0.29, 0.717) is 44.0 Å². The van der Waals surface area contributed by atoms with Crippen molar-refractivity contribution < 1.29 is 19.4 Å². The third-order valence-electron chi connectivity index (χ3n) is 7.83. The number of Topliss-reactive ketones (excluding diaryl/α,β-unsaturated/α-hetero) is 2. The van der Waals surface area contributed by atoms with E-state index >= 15 is 0 Å². The van der Waals surface area contributed by atoms with E-state index in [2.05, 4.69) is 40.6 Å². The Morgan fingerprint density at radius 2 is 2.06 bits per heavy atom. The number of rotatable bonds is 2. The van der Waals surface area contributed by atoms with Gasteiger partial charge in [-0.05, 0) is 82.5 Å². The number of hydrogen-bond donors (Lipinski definition) is 1. The second-order valence-corrected chi connectivity index (χ2v) is 11.5. The molecular weight excluding hydrogens is 577 g/mol. The van der Waals surface area contributed by atoms with Gasteiger partial charge in [0, 0.05) is 28.6 Å². The topological polar surface area (TPSA) is 76.5 Å². The van der Waals surface area contributed by atoms with Crippen molar-refractivity contribution in [1.29, 1.82) is 0 Å². The van der Waals surface area contributed by atoms with Gasteiger partial charge in [0.05, 0.1) is 20.8 Å². The number of aromatic hydroxyl groups is 1. The summed E-state index contributed by atoms with van der Waals surface area (Å²) in [5.41, 5.74) is 4.83. The normalized spacial score (nSPS) is 23.3. The predicted molar refractivity (Wildman–Crippen MR) is 143 cm³/mol. The van der Waals surface area contributed by atoms with Crippen molar-refractivity contribution in [2.75, 3.05) is 6.61 Å². The van der Waals surface area contributed by atoms with Crippen molar-refractivity contribution in [3.8, 4) is 5.75 Å². The lowest BCUT2D eigenvalue weighted by molar-refractivity contribution is -0.112. The van der Waals surface area contributed by atoms with Crippen molar-refractivity contribution >= 4 is 62.4 Å². The zero-order valence-electron chi connectivity index (χ0n) is 19.4. The fourth-order valence-electron chi connectivity index (χ4n) is 6.10. The van der Waals surface area contributed by atoms with Crippen LogP contribution in [0, 0.1) is 9.49 Å². The molecule has 3 aromatic rings. The van der Waals surface area contributed by atoms with Gasteiger partial charge in [0.2, 0.25) is 11.6 Å². The van der Waals surface area contributed by atoms with E-state index in [1.165, 1.54) is 0 Å². The summed E-state index contributed by atoms with van der Waals surface area (Å²) in [7, 11) is 0. The van der Waals surface area contributed by atoms with E-state index in [4.69, 9.17) is 16.3 Å². The summed E-state index contributed by atoms with van der Waals surface area (Å²) in [5, 5.41) is 12.2. The lowest BCUT2D eigenvalue weighted by Gasteiger charge is -2.38. The van der Waals surface area contributed by atoms with Crippen LogP contribution in [-0.2, 0) is 27.8 Å². The highest BCUT2D eigenvalue weighted by Gasteiger charge is 2.44. The number of ketones is 2. The molecule has 5 nitrogen and oxygen atoms in total. The standard InChI is InChI=1S/C28H23ClINO4/c1-13-12-35-27-15-7-8-18-14(20(15)25(33)24(32)19(13)27)5-3-9-28(18,2)11-17-21(29)16-6-4-10-31-23(16)26(34)22(17)30/h4,6-8,10,13,34H,3,5,9,11-12H2,1-2H3. The predicted octanol–water partition coefficient (Wildman–Crippen LogP) is 6.18. The fourth-order valence-corrected chi connectivity index (χ4v) is 7.29. The third kappa shape index (κ3) is 3.22. The number of hydrogen-bond acceptors (Lipinski definition) is 5. The molecule has 3 aliphatic rings. The van der Waals surface area contributed by atoms with Crippen LogP contribution in [0.2, 0.25) is 5.02 Å². The van der Waals surface area contributed by atoms with Gasteiger partial charge in [-0.15, -0.1) is 0 Å². The Kier molecular flexibility index (Phi) is 5.27. The fraction of sp³-hybridized carbons (Fsp3) is 0.321. The number of halogens is 2. The number of phenolic OH excluding ortho intramolecular Hbond substituents is 1. The molecule has 1 aliphatic heterocycles. The van der Waals surface area contributed by atoms with Crippen molar-refractivity contribution in [2.24, 2.45) is 5.92 Å². The van der Waals surface area contributed by atoms with Crippen LogP contribution < -0.4 is 0 Å². The maximum absolute atomic E-state index is 13.3. The molecule has 0 radical (unpaired) electrons. The molecule has 6 rings (SSSR count). The van der Waals surface area contributed by atoms with Crippen LogP contribution >= 0.6 is 34.2 Å². The minimum Gasteiger partial charge on any atom is -0.505 e. The Hall–Kier alpha value is -2.45. The van der Waals surface area contributed by atoms with Gasteiger partial charge < -0.3 is 9.84 Å². The minimum absolute atomic E-state index is 0.0739. The highest BCUT2D eigenvalue weighted by molar-refractivity contribution is 14.1. The maximum Gasteiger partial charge on any atom is 0.234 e. The van der Waals surface area contributed by atoms with E-state index in [-0.39, 0.29) is 17.1 Å². The molecule has 0 fully saturated rings. The lowest BCUT2D eigenvalue weighted by Crippen LogP contribution is -2.34. The molecule has 0 spiro atoms. The summed E-state index contributed by atoms with van der Waals surface area (Å²) in [6, 6.07) is 7.72. The van der Waals surface area contributed by atoms with Gasteiger partial charge in [-0.25, -0.2) is 0 Å². The molecule has 0 amide bonds. The summed E-state index contributed by atoms with van der Waals surface area (Å²) in [5.74, 6) is -0.202. The number of benzene rings is 2. The molecule has 0 saturated heterocycles. The molecule has 2 heterocycles. The highest BCUT2D eigenvalue weighted by atomic mass is 127. The SMILES string of the molecule is CC1COC2=C1C(=O)C(=O)c1c2ccc2c1CCCC2(C)Cc1c(I)c(O)c2ncccc2c1Cl. The molecule has 0 saturated carbocycles. The van der Waals surface area contributed by atoms with Crippen LogP contribution in [-0.4, -0.2) is 28.3 Å². The summed E-state index contributed by atoms with van der Waals surface area (Å²) in [4.78, 5) is 30.7. The van der Waals surface area contributed by atoms with Crippen molar-refractivity contribution in [3.63, 3.8) is 0 Å². The maximum atomic E-state index is 13.3. The first-order valence-electron chi connectivity index (χ1n) is 11.8. The van der Waals surface area contributed by atoms with Gasteiger partial charge in [-0.1, -0.05) is 37.6 Å². The number of carbonyl (C=O) groups is 2. The molecule has 0 bridgehead atoms. The van der Waals surface area contributed by atoms with Crippen LogP contribution in [0.3, 0.4) is 0 Å². The quantitative estimate of drug-likeness (QED) is 0.281. The zero-order chi connectivity index (χ0) is 24.6. The smallest absolute Gasteiger partial charge is 0.234 e. The number of aromatic nitrogens is 1. The molecule has 7 heteroatoms. The Morgan fingerprint density at radius 3 is 2.86 bits per heavy atom. The van der Waals surface area contributed by atoms with Gasteiger partial charge in [-0.3, -0.25) is 14.6 Å². The Morgan fingerprint density at radius 1 is 1.26 bits per heavy atom. The summed E-state index contributed by atoms with van der Waals surface area (Å²) < 4.78 is 6.59. The Labute approximate surface area is 221 Å².